The van der Waals surface area contributed by atoms with Crippen molar-refractivity contribution >= 4 is 18.0 Å². The summed E-state index contributed by atoms with van der Waals surface area (Å²) in [5.41, 5.74) is 4.71. The van der Waals surface area contributed by atoms with Crippen LogP contribution in [0.2, 0.25) is 0 Å². The van der Waals surface area contributed by atoms with Crippen LogP contribution in [0.25, 0.3) is 0 Å². The zero-order chi connectivity index (χ0) is 23.3. The first kappa shape index (κ1) is 23.3. The Balaban J connectivity index is 1.30. The average Bonchev–Trinajstić information content (AvgIpc) is 3.15. The third-order valence-corrected chi connectivity index (χ3v) is 7.70. The van der Waals surface area contributed by atoms with Crippen LogP contribution in [0.5, 0.6) is 0 Å². The van der Waals surface area contributed by atoms with Crippen molar-refractivity contribution in [2.24, 2.45) is 28.9 Å². The molecule has 0 aromatic carbocycles. The number of aliphatic hydroxyl groups excluding tert-OH is 1. The van der Waals surface area contributed by atoms with Crippen LogP contribution in [0.15, 0.2) is 0 Å². The summed E-state index contributed by atoms with van der Waals surface area (Å²) in [6.07, 6.45) is 4.53. The van der Waals surface area contributed by atoms with Gasteiger partial charge in [-0.15, -0.1) is 0 Å². The third kappa shape index (κ3) is 4.59. The van der Waals surface area contributed by atoms with Gasteiger partial charge in [-0.2, -0.15) is 0 Å². The van der Waals surface area contributed by atoms with E-state index < -0.39 is 23.0 Å². The predicted molar refractivity (Wildman–Crippen MR) is 115 cm³/mol. The number of hydrogen-bond acceptors (Lipinski definition) is 7. The summed E-state index contributed by atoms with van der Waals surface area (Å²) in [6.45, 7) is 5.91. The van der Waals surface area contributed by atoms with Gasteiger partial charge in [0.15, 0.2) is 0 Å². The molecule has 0 aromatic rings. The van der Waals surface area contributed by atoms with Crippen LogP contribution in [-0.4, -0.2) is 71.5 Å². The quantitative estimate of drug-likeness (QED) is 0.517. The number of amides is 2. The normalized spacial score (nSPS) is 36.8. The van der Waals surface area contributed by atoms with E-state index in [1.165, 1.54) is 0 Å². The minimum absolute atomic E-state index is 0.121. The van der Waals surface area contributed by atoms with E-state index in [-0.39, 0.29) is 42.6 Å². The van der Waals surface area contributed by atoms with Crippen molar-refractivity contribution in [1.82, 2.24) is 10.2 Å². The molecule has 9 nitrogen and oxygen atoms in total. The number of primary amides is 1. The number of nitrogens with one attached hydrogen (secondary N) is 1. The fourth-order valence-electron chi connectivity index (χ4n) is 6.58. The molecule has 2 amide bonds. The first-order chi connectivity index (χ1) is 15.0. The molecule has 180 valence electrons. The number of carbonyl (C=O) groups is 3. The van der Waals surface area contributed by atoms with Crippen LogP contribution in [-0.2, 0) is 19.1 Å². The smallest absolute Gasteiger partial charge is 0.410 e. The van der Waals surface area contributed by atoms with Crippen molar-refractivity contribution < 1.29 is 29.0 Å². The molecule has 4 unspecified atom stereocenters. The molecular formula is C23H37N3O6. The maximum atomic E-state index is 12.9. The molecule has 5 fully saturated rings. The van der Waals surface area contributed by atoms with E-state index in [1.54, 1.807) is 25.7 Å². The number of nitrogens with two attached hydrogens (primary N) is 1. The highest BCUT2D eigenvalue weighted by Crippen LogP contribution is 2.60. The highest BCUT2D eigenvalue weighted by Gasteiger charge is 2.59. The first-order valence-corrected chi connectivity index (χ1v) is 11.8. The topological polar surface area (TPSA) is 131 Å². The summed E-state index contributed by atoms with van der Waals surface area (Å²) < 4.78 is 11.4. The number of rotatable bonds is 6. The second-order valence-electron chi connectivity index (χ2n) is 11.3. The fourth-order valence-corrected chi connectivity index (χ4v) is 6.58. The largest absolute Gasteiger partial charge is 0.459 e. The van der Waals surface area contributed by atoms with Crippen LogP contribution in [0.4, 0.5) is 4.79 Å². The zero-order valence-corrected chi connectivity index (χ0v) is 19.3. The number of likely N-dealkylation sites (tertiary alicyclic amines) is 1. The Bertz CT molecular complexity index is 749. The summed E-state index contributed by atoms with van der Waals surface area (Å²) in [4.78, 5) is 39.0. The van der Waals surface area contributed by atoms with Crippen molar-refractivity contribution in [3.05, 3.63) is 0 Å². The van der Waals surface area contributed by atoms with Crippen LogP contribution < -0.4 is 11.1 Å². The number of ether oxygens (including phenoxy) is 2. The summed E-state index contributed by atoms with van der Waals surface area (Å²) in [5, 5.41) is 12.7. The highest BCUT2D eigenvalue weighted by molar-refractivity contribution is 5.81. The van der Waals surface area contributed by atoms with Crippen molar-refractivity contribution in [2.45, 2.75) is 83.1 Å². The van der Waals surface area contributed by atoms with Crippen molar-refractivity contribution in [1.29, 1.82) is 0 Å². The Morgan fingerprint density at radius 1 is 1.19 bits per heavy atom. The maximum Gasteiger partial charge on any atom is 0.410 e. The second-order valence-corrected chi connectivity index (χ2v) is 11.3. The molecule has 1 heterocycles. The Hall–Kier alpha value is -1.87. The lowest BCUT2D eigenvalue weighted by Gasteiger charge is -2.58. The minimum Gasteiger partial charge on any atom is -0.459 e. The molecule has 9 heteroatoms. The summed E-state index contributed by atoms with van der Waals surface area (Å²) in [7, 11) is 0. The lowest BCUT2D eigenvalue weighted by Crippen LogP contribution is -2.59. The SMILES string of the molecule is CC(C)(C)OC(=O)C(CO)NC1CCN(C(=O)OC2C3CC4CC2CC(C(N)=O)(C4)C3)C1. The molecule has 5 aliphatic rings. The summed E-state index contributed by atoms with van der Waals surface area (Å²) in [6, 6.07) is -0.950. The number of carbonyl (C=O) groups excluding carboxylic acids is 3. The average molecular weight is 452 g/mol. The number of hydrogen-bond donors (Lipinski definition) is 3. The zero-order valence-electron chi connectivity index (χ0n) is 19.3. The van der Waals surface area contributed by atoms with E-state index in [4.69, 9.17) is 15.2 Å². The monoisotopic (exact) mass is 451 g/mol. The van der Waals surface area contributed by atoms with Gasteiger partial charge in [0.25, 0.3) is 0 Å². The molecule has 1 aliphatic heterocycles. The van der Waals surface area contributed by atoms with E-state index in [1.807, 2.05) is 0 Å². The van der Waals surface area contributed by atoms with Gasteiger partial charge >= 0.3 is 12.1 Å². The van der Waals surface area contributed by atoms with E-state index in [2.05, 4.69) is 5.32 Å². The lowest BCUT2D eigenvalue weighted by molar-refractivity contribution is -0.161. The van der Waals surface area contributed by atoms with Gasteiger partial charge in [0, 0.05) is 19.1 Å². The Labute approximate surface area is 189 Å². The molecule has 4 saturated carbocycles. The van der Waals surface area contributed by atoms with E-state index >= 15 is 0 Å². The van der Waals surface area contributed by atoms with Crippen molar-refractivity contribution in [2.75, 3.05) is 19.7 Å². The molecule has 0 aromatic heterocycles. The van der Waals surface area contributed by atoms with Gasteiger partial charge in [0.2, 0.25) is 5.91 Å². The molecule has 1 saturated heterocycles. The molecule has 0 spiro atoms. The van der Waals surface area contributed by atoms with Gasteiger partial charge < -0.3 is 25.2 Å². The van der Waals surface area contributed by atoms with Crippen molar-refractivity contribution in [3.8, 4) is 0 Å². The molecule has 4 atom stereocenters. The van der Waals surface area contributed by atoms with Crippen LogP contribution >= 0.6 is 0 Å². The maximum absolute atomic E-state index is 12.9. The number of nitrogens with zero attached hydrogens (tertiary/aromatic N) is 1. The van der Waals surface area contributed by atoms with Gasteiger partial charge in [-0.05, 0) is 77.0 Å². The van der Waals surface area contributed by atoms with E-state index in [0.717, 1.165) is 32.1 Å². The Kier molecular flexibility index (Phi) is 6.17. The standard InChI is InChI=1S/C23H37N3O6/c1-22(2,3)32-19(28)17(12-27)25-16-4-5-26(11-16)21(30)31-18-14-6-13-7-15(18)10-23(8-13,9-14)20(24)29/h13-18,25,27H,4-12H2,1-3H3,(H2,24,29). The molecule has 4 N–H and O–H groups in total. The highest BCUT2D eigenvalue weighted by atomic mass is 16.6. The summed E-state index contributed by atoms with van der Waals surface area (Å²) >= 11 is 0. The predicted octanol–water partition coefficient (Wildman–Crippen LogP) is 1.17. The van der Waals surface area contributed by atoms with Crippen LogP contribution in [0.1, 0.15) is 59.3 Å². The summed E-state index contributed by atoms with van der Waals surface area (Å²) in [5.74, 6) is 0.232. The van der Waals surface area contributed by atoms with Gasteiger partial charge in [-0.1, -0.05) is 0 Å². The second kappa shape index (κ2) is 8.48. The molecule has 4 aliphatic carbocycles. The fraction of sp³-hybridized carbons (Fsp3) is 0.870. The number of esters is 1. The third-order valence-electron chi connectivity index (χ3n) is 7.70. The molecular weight excluding hydrogens is 414 g/mol. The number of aliphatic hydroxyl groups is 1. The van der Waals surface area contributed by atoms with Gasteiger partial charge in [-0.3, -0.25) is 14.9 Å². The van der Waals surface area contributed by atoms with Gasteiger partial charge in [0.1, 0.15) is 17.7 Å². The lowest BCUT2D eigenvalue weighted by atomic mass is 9.48. The van der Waals surface area contributed by atoms with Gasteiger partial charge in [0.05, 0.1) is 12.0 Å². The first-order valence-electron chi connectivity index (χ1n) is 11.8. The Morgan fingerprint density at radius 3 is 2.41 bits per heavy atom. The molecule has 5 rings (SSSR count). The van der Waals surface area contributed by atoms with E-state index in [9.17, 15) is 19.5 Å². The Morgan fingerprint density at radius 2 is 1.84 bits per heavy atom. The molecule has 4 bridgehead atoms. The van der Waals surface area contributed by atoms with Crippen LogP contribution in [0, 0.1) is 23.2 Å². The minimum atomic E-state index is -0.829. The van der Waals surface area contributed by atoms with Crippen LogP contribution in [0.3, 0.4) is 0 Å². The van der Waals surface area contributed by atoms with Crippen molar-refractivity contribution in [3.63, 3.8) is 0 Å². The van der Waals surface area contributed by atoms with E-state index in [0.29, 0.717) is 25.4 Å². The molecule has 32 heavy (non-hydrogen) atoms. The molecule has 0 radical (unpaired) electrons. The van der Waals surface area contributed by atoms with Gasteiger partial charge in [-0.25, -0.2) is 4.79 Å².